The van der Waals surface area contributed by atoms with Crippen molar-refractivity contribution in [2.24, 2.45) is 5.41 Å². The van der Waals surface area contributed by atoms with Crippen LogP contribution in [0.3, 0.4) is 0 Å². The molecule has 0 saturated heterocycles. The van der Waals surface area contributed by atoms with Crippen LogP contribution in [0, 0.1) is 5.41 Å². The third-order valence-corrected chi connectivity index (χ3v) is 2.66. The molecule has 0 aromatic carbocycles. The van der Waals surface area contributed by atoms with Crippen molar-refractivity contribution in [3.05, 3.63) is 0 Å². The van der Waals surface area contributed by atoms with Crippen LogP contribution in [0.5, 0.6) is 0 Å². The van der Waals surface area contributed by atoms with Gasteiger partial charge in [0.1, 0.15) is 6.10 Å². The molecule has 88 valence electrons. The Balaban J connectivity index is 4.58. The quantitative estimate of drug-likeness (QED) is 0.478. The lowest BCUT2D eigenvalue weighted by Gasteiger charge is -2.28. The molecule has 6 heteroatoms. The minimum atomic E-state index is -2.54. The average Bonchev–Trinajstić information content (AvgIpc) is 2.01. The lowest BCUT2D eigenvalue weighted by molar-refractivity contribution is -0.159. The molecule has 0 radical (unpaired) electrons. The maximum absolute atomic E-state index is 11.3. The summed E-state index contributed by atoms with van der Waals surface area (Å²) in [5.74, 6) is -2.81. The Morgan fingerprint density at radius 1 is 1.27 bits per heavy atom. The number of carbonyl (C=O) groups excluding carboxylic acids is 1. The van der Waals surface area contributed by atoms with Crippen molar-refractivity contribution in [1.29, 1.82) is 0 Å². The molecule has 0 aliphatic carbocycles. The number of alkyl halides is 2. The van der Waals surface area contributed by atoms with Crippen molar-refractivity contribution in [3.63, 3.8) is 0 Å². The predicted octanol–water partition coefficient (Wildman–Crippen LogP) is 2.22. The summed E-state index contributed by atoms with van der Waals surface area (Å²) in [6, 6.07) is 0. The molecule has 0 spiro atoms. The minimum absolute atomic E-state index is 0.308. The van der Waals surface area contributed by atoms with Crippen LogP contribution in [0.1, 0.15) is 27.7 Å². The summed E-state index contributed by atoms with van der Waals surface area (Å²) in [5.41, 5.74) is -0.308. The first-order chi connectivity index (χ1) is 6.49. The molecule has 0 heterocycles. The lowest BCUT2D eigenvalue weighted by Crippen LogP contribution is -2.41. The van der Waals surface area contributed by atoms with Gasteiger partial charge in [0.15, 0.2) is 0 Å². The van der Waals surface area contributed by atoms with Crippen LogP contribution < -0.4 is 0 Å². The van der Waals surface area contributed by atoms with E-state index >= 15 is 0 Å². The summed E-state index contributed by atoms with van der Waals surface area (Å²) in [5, 5.41) is 8.56. The van der Waals surface area contributed by atoms with Crippen LogP contribution in [0.2, 0.25) is 0 Å². The monoisotopic (exact) mass is 256 g/mol. The van der Waals surface area contributed by atoms with Crippen LogP contribution >= 0.6 is 23.2 Å². The zero-order valence-electron chi connectivity index (χ0n) is 9.01. The fourth-order valence-electron chi connectivity index (χ4n) is 0.499. The molecule has 0 rings (SSSR count). The molecule has 0 aliphatic heterocycles. The molecule has 4 nitrogen and oxygen atoms in total. The molecule has 0 fully saturated rings. The second-order valence-electron chi connectivity index (χ2n) is 4.29. The first kappa shape index (κ1) is 14.5. The van der Waals surface area contributed by atoms with Gasteiger partial charge in [-0.2, -0.15) is 0 Å². The topological polar surface area (TPSA) is 63.6 Å². The van der Waals surface area contributed by atoms with Gasteiger partial charge in [-0.15, -0.1) is 0 Å². The molecule has 1 unspecified atom stereocenters. The fraction of sp³-hybridized carbons (Fsp3) is 0.778. The first-order valence-corrected chi connectivity index (χ1v) is 5.07. The molecule has 0 saturated carbocycles. The molecular weight excluding hydrogens is 243 g/mol. The van der Waals surface area contributed by atoms with Gasteiger partial charge < -0.3 is 9.84 Å². The van der Waals surface area contributed by atoms with Crippen molar-refractivity contribution in [1.82, 2.24) is 0 Å². The van der Waals surface area contributed by atoms with Crippen LogP contribution in [-0.2, 0) is 14.3 Å². The molecule has 0 aliphatic rings. The number of hydrogen-bond acceptors (Lipinski definition) is 3. The zero-order valence-corrected chi connectivity index (χ0v) is 10.5. The molecule has 1 atom stereocenters. The Labute approximate surface area is 98.5 Å². The van der Waals surface area contributed by atoms with Crippen molar-refractivity contribution >= 4 is 35.1 Å². The van der Waals surface area contributed by atoms with E-state index in [9.17, 15) is 9.59 Å². The van der Waals surface area contributed by atoms with Gasteiger partial charge in [0.05, 0.1) is 0 Å². The van der Waals surface area contributed by atoms with Crippen LogP contribution in [0.4, 0.5) is 0 Å². The lowest BCUT2D eigenvalue weighted by atomic mass is 9.90. The van der Waals surface area contributed by atoms with Crippen LogP contribution in [-0.4, -0.2) is 27.5 Å². The van der Waals surface area contributed by atoms with E-state index in [0.29, 0.717) is 0 Å². The highest BCUT2D eigenvalue weighted by molar-refractivity contribution is 6.66. The third-order valence-electron chi connectivity index (χ3n) is 2.03. The Kier molecular flexibility index (Phi) is 4.43. The molecule has 0 bridgehead atoms. The number of carbonyl (C=O) groups is 2. The van der Waals surface area contributed by atoms with Gasteiger partial charge in [0.25, 0.3) is 0 Å². The second kappa shape index (κ2) is 4.58. The van der Waals surface area contributed by atoms with E-state index in [1.54, 1.807) is 6.92 Å². The van der Waals surface area contributed by atoms with E-state index in [-0.39, 0.29) is 5.41 Å². The Bertz CT molecular complexity index is 268. The summed E-state index contributed by atoms with van der Waals surface area (Å²) in [6.45, 7) is 7.17. The van der Waals surface area contributed by atoms with Crippen molar-refractivity contribution < 1.29 is 19.4 Å². The minimum Gasteiger partial charge on any atom is -0.479 e. The van der Waals surface area contributed by atoms with Gasteiger partial charge in [0, 0.05) is 0 Å². The summed E-state index contributed by atoms with van der Waals surface area (Å²) in [7, 11) is 0. The van der Waals surface area contributed by atoms with Crippen molar-refractivity contribution in [3.8, 4) is 0 Å². The number of hydrogen-bond donors (Lipinski definition) is 1. The predicted molar refractivity (Wildman–Crippen MR) is 57.1 cm³/mol. The average molecular weight is 257 g/mol. The molecule has 0 aromatic heterocycles. The smallest absolute Gasteiger partial charge is 0.354 e. The maximum atomic E-state index is 11.3. The number of carboxylic acids is 1. The number of esters is 1. The van der Waals surface area contributed by atoms with Gasteiger partial charge in [-0.25, -0.2) is 9.59 Å². The molecular formula is C9H14Cl2O4. The van der Waals surface area contributed by atoms with Crippen molar-refractivity contribution in [2.45, 2.75) is 38.1 Å². The van der Waals surface area contributed by atoms with Crippen LogP contribution in [0.25, 0.3) is 0 Å². The van der Waals surface area contributed by atoms with E-state index < -0.39 is 22.4 Å². The van der Waals surface area contributed by atoms with E-state index in [4.69, 9.17) is 33.0 Å². The highest BCUT2D eigenvalue weighted by Gasteiger charge is 2.45. The maximum Gasteiger partial charge on any atom is 0.354 e. The van der Waals surface area contributed by atoms with E-state index in [1.165, 1.54) is 0 Å². The van der Waals surface area contributed by atoms with Crippen molar-refractivity contribution in [2.75, 3.05) is 0 Å². The van der Waals surface area contributed by atoms with Gasteiger partial charge in [-0.1, -0.05) is 44.0 Å². The normalized spacial score (nSPS) is 14.5. The Morgan fingerprint density at radius 3 is 1.93 bits per heavy atom. The molecule has 15 heavy (non-hydrogen) atoms. The van der Waals surface area contributed by atoms with Gasteiger partial charge in [-0.3, -0.25) is 0 Å². The van der Waals surface area contributed by atoms with E-state index in [1.807, 2.05) is 20.8 Å². The zero-order chi connectivity index (χ0) is 12.4. The molecule has 0 aromatic rings. The standard InChI is InChI=1S/C9H14Cl2O4/c1-5(8(2,3)4)15-7(14)9(10,11)6(12)13/h5H,1-4H3,(H,12,13). The number of rotatable bonds is 3. The summed E-state index contributed by atoms with van der Waals surface area (Å²) in [6.07, 6.45) is -0.485. The third kappa shape index (κ3) is 3.87. The summed E-state index contributed by atoms with van der Waals surface area (Å²) >= 11 is 10.6. The number of aliphatic carboxylic acids is 1. The largest absolute Gasteiger partial charge is 0.479 e. The number of halogens is 2. The van der Waals surface area contributed by atoms with Gasteiger partial charge in [-0.05, 0) is 12.3 Å². The second-order valence-corrected chi connectivity index (χ2v) is 5.62. The SMILES string of the molecule is CC(OC(=O)C(Cl)(Cl)C(=O)O)C(C)(C)C. The summed E-state index contributed by atoms with van der Waals surface area (Å²) < 4.78 is 2.32. The highest BCUT2D eigenvalue weighted by Crippen LogP contribution is 2.28. The summed E-state index contributed by atoms with van der Waals surface area (Å²) in [4.78, 5) is 21.8. The van der Waals surface area contributed by atoms with Gasteiger partial charge in [0.2, 0.25) is 0 Å². The number of ether oxygens (including phenoxy) is 1. The first-order valence-electron chi connectivity index (χ1n) is 4.32. The highest BCUT2D eigenvalue weighted by atomic mass is 35.5. The van der Waals surface area contributed by atoms with E-state index in [2.05, 4.69) is 0 Å². The Morgan fingerprint density at radius 2 is 1.67 bits per heavy atom. The van der Waals surface area contributed by atoms with Gasteiger partial charge >= 0.3 is 16.3 Å². The van der Waals surface area contributed by atoms with Crippen LogP contribution in [0.15, 0.2) is 0 Å². The fourth-order valence-corrected chi connectivity index (χ4v) is 0.588. The molecule has 1 N–H and O–H groups in total. The Hall–Kier alpha value is -0.480. The van der Waals surface area contributed by atoms with E-state index in [0.717, 1.165) is 0 Å². The molecule has 0 amide bonds. The number of carboxylic acid groups (broad SMARTS) is 1.